The highest BCUT2D eigenvalue weighted by atomic mass is 19.1. The highest BCUT2D eigenvalue weighted by Crippen LogP contribution is 2.70. The number of carbonyl (C=O) groups is 3. The fourth-order valence-electron chi connectivity index (χ4n) is 11.5. The molecule has 55 heavy (non-hydrogen) atoms. The van der Waals surface area contributed by atoms with E-state index in [1.54, 1.807) is 31.4 Å². The summed E-state index contributed by atoms with van der Waals surface area (Å²) in [7, 11) is 1.44. The van der Waals surface area contributed by atoms with Gasteiger partial charge in [0.1, 0.15) is 16.9 Å². The van der Waals surface area contributed by atoms with Crippen LogP contribution >= 0.6 is 0 Å². The van der Waals surface area contributed by atoms with Gasteiger partial charge in [0.2, 0.25) is 5.43 Å². The number of aromatic nitrogens is 1. The molecule has 2 heterocycles. The lowest BCUT2D eigenvalue weighted by Gasteiger charge is -2.62. The molecule has 2 aromatic rings. The first kappa shape index (κ1) is 38.0. The van der Waals surface area contributed by atoms with E-state index in [1.165, 1.54) is 25.5 Å². The molecule has 11 nitrogen and oxygen atoms in total. The van der Waals surface area contributed by atoms with Gasteiger partial charge in [0.05, 0.1) is 30.7 Å². The Morgan fingerprint density at radius 3 is 2.56 bits per heavy atom. The second kappa shape index (κ2) is 13.1. The quantitative estimate of drug-likeness (QED) is 0.322. The van der Waals surface area contributed by atoms with Gasteiger partial charge < -0.3 is 34.5 Å². The Labute approximate surface area is 318 Å². The molecule has 9 atom stereocenters. The highest BCUT2D eigenvalue weighted by Gasteiger charge is 2.75. The molecule has 1 saturated heterocycles. The third kappa shape index (κ3) is 5.35. The fraction of sp³-hybridized carbons (Fsp3) is 0.619. The Bertz CT molecular complexity index is 2110. The van der Waals surface area contributed by atoms with E-state index in [2.05, 4.69) is 5.32 Å². The Kier molecular flexibility index (Phi) is 9.01. The smallest absolute Gasteiger partial charge is 0.343 e. The maximum absolute atomic E-state index is 17.6. The van der Waals surface area contributed by atoms with Gasteiger partial charge in [-0.1, -0.05) is 25.5 Å². The molecule has 6 aliphatic rings. The molecule has 3 N–H and O–H groups in total. The molecule has 8 rings (SSSR count). The molecule has 0 spiro atoms. The van der Waals surface area contributed by atoms with E-state index >= 15 is 8.78 Å². The number of Topliss-reactive ketones (excluding diaryl/α,β-unsaturated/α-hetero) is 1. The minimum atomic E-state index is -2.10. The number of aliphatic hydroxyl groups is 2. The van der Waals surface area contributed by atoms with Crippen molar-refractivity contribution in [3.05, 3.63) is 57.7 Å². The number of hydrogen-bond acceptors (Lipinski definition) is 10. The first-order chi connectivity index (χ1) is 26.0. The number of piperazine rings is 1. The summed E-state index contributed by atoms with van der Waals surface area (Å²) < 4.78 is 46.6. The molecular weight excluding hydrogens is 712 g/mol. The van der Waals surface area contributed by atoms with Crippen LogP contribution in [0.15, 0.2) is 40.9 Å². The number of anilines is 1. The summed E-state index contributed by atoms with van der Waals surface area (Å²) in [6, 6.07) is 1.24. The first-order valence-corrected chi connectivity index (χ1v) is 19.7. The van der Waals surface area contributed by atoms with Crippen LogP contribution in [-0.4, -0.2) is 89.1 Å². The number of pyridine rings is 1. The number of nitrogens with zero attached hydrogens (tertiary/aromatic N) is 2. The Morgan fingerprint density at radius 2 is 1.87 bits per heavy atom. The zero-order valence-corrected chi connectivity index (χ0v) is 32.1. The number of benzene rings is 1. The number of esters is 1. The standard InChI is InChI=1S/C42H51F2N3O8/c1-22-16-30-29-9-6-24-17-26(48)10-12-39(24,3)41(29,44)33(50)19-40(30,4)42(22,53)32(49)11-15-55-38(52)28-21-47(25-7-8-25)34-27(36(28)51)18-31(43)35(37(34)54-5)46-14-13-45-23(2)20-46/h10,12,17-18,21-23,25,29-30,33,45,50,53H,6-9,11,13-16,19-20H2,1-5H3/t22-,23?,29?,30?,33+,39+,40+,41+,42+/m1/s1. The van der Waals surface area contributed by atoms with Crippen molar-refractivity contribution in [1.29, 1.82) is 0 Å². The van der Waals surface area contributed by atoms with Gasteiger partial charge in [-0.25, -0.2) is 13.6 Å². The number of aliphatic hydroxyl groups excluding tert-OH is 1. The number of fused-ring (bicyclic) bond motifs is 6. The number of halogens is 2. The minimum absolute atomic E-state index is 0.0129. The van der Waals surface area contributed by atoms with E-state index in [4.69, 9.17) is 9.47 Å². The van der Waals surface area contributed by atoms with E-state index in [9.17, 15) is 29.4 Å². The Morgan fingerprint density at radius 1 is 1.13 bits per heavy atom. The number of methoxy groups -OCH3 is 1. The second-order valence-electron chi connectivity index (χ2n) is 17.4. The van der Waals surface area contributed by atoms with E-state index in [0.29, 0.717) is 50.0 Å². The number of alkyl halides is 1. The molecule has 1 aliphatic heterocycles. The Hall–Kier alpha value is -3.94. The molecule has 0 bridgehead atoms. The van der Waals surface area contributed by atoms with Gasteiger partial charge in [-0.3, -0.25) is 14.4 Å². The molecule has 5 aliphatic carbocycles. The summed E-state index contributed by atoms with van der Waals surface area (Å²) in [5.74, 6) is -3.88. The van der Waals surface area contributed by atoms with Crippen LogP contribution in [-0.2, 0) is 14.3 Å². The van der Waals surface area contributed by atoms with Gasteiger partial charge in [0, 0.05) is 61.1 Å². The van der Waals surface area contributed by atoms with Gasteiger partial charge >= 0.3 is 5.97 Å². The van der Waals surface area contributed by atoms with Crippen molar-refractivity contribution < 1.29 is 42.9 Å². The van der Waals surface area contributed by atoms with Crippen molar-refractivity contribution in [3.63, 3.8) is 0 Å². The van der Waals surface area contributed by atoms with Crippen molar-refractivity contribution >= 4 is 34.1 Å². The fourth-order valence-corrected chi connectivity index (χ4v) is 11.5. The summed E-state index contributed by atoms with van der Waals surface area (Å²) in [6.07, 6.45) is 6.54. The predicted octanol–water partition coefficient (Wildman–Crippen LogP) is 4.75. The van der Waals surface area contributed by atoms with Crippen molar-refractivity contribution in [3.8, 4) is 5.75 Å². The third-order valence-electron chi connectivity index (χ3n) is 14.5. The van der Waals surface area contributed by atoms with Crippen molar-refractivity contribution in [1.82, 2.24) is 9.88 Å². The van der Waals surface area contributed by atoms with Crippen molar-refractivity contribution in [2.75, 3.05) is 38.3 Å². The lowest BCUT2D eigenvalue weighted by Crippen LogP contribution is -2.69. The van der Waals surface area contributed by atoms with Crippen LogP contribution in [0.25, 0.3) is 10.9 Å². The van der Waals surface area contributed by atoms with Gasteiger partial charge in [-0.05, 0) is 82.4 Å². The van der Waals surface area contributed by atoms with E-state index < -0.39 is 75.6 Å². The molecule has 3 unspecified atom stereocenters. The van der Waals surface area contributed by atoms with Crippen molar-refractivity contribution in [2.24, 2.45) is 28.6 Å². The summed E-state index contributed by atoms with van der Waals surface area (Å²) in [4.78, 5) is 55.7. The van der Waals surface area contributed by atoms with Crippen LogP contribution < -0.4 is 20.4 Å². The highest BCUT2D eigenvalue weighted by molar-refractivity contribution is 6.01. The molecular formula is C42H51F2N3O8. The predicted molar refractivity (Wildman–Crippen MR) is 200 cm³/mol. The molecule has 4 saturated carbocycles. The number of hydrogen-bond donors (Lipinski definition) is 3. The normalized spacial score (nSPS) is 36.9. The van der Waals surface area contributed by atoms with Gasteiger partial charge in [-0.2, -0.15) is 0 Å². The average Bonchev–Trinajstić information content (AvgIpc) is 3.96. The Balaban J connectivity index is 1.03. The number of carbonyl (C=O) groups excluding carboxylic acids is 3. The first-order valence-electron chi connectivity index (χ1n) is 19.7. The summed E-state index contributed by atoms with van der Waals surface area (Å²) >= 11 is 0. The second-order valence-corrected chi connectivity index (χ2v) is 17.4. The number of rotatable bonds is 8. The van der Waals surface area contributed by atoms with E-state index in [0.717, 1.165) is 18.9 Å². The summed E-state index contributed by atoms with van der Waals surface area (Å²) in [6.45, 7) is 8.54. The number of ether oxygens (including phenoxy) is 2. The minimum Gasteiger partial charge on any atom is -0.492 e. The van der Waals surface area contributed by atoms with Gasteiger partial charge in [-0.15, -0.1) is 0 Å². The van der Waals surface area contributed by atoms with Crippen LogP contribution in [0.3, 0.4) is 0 Å². The molecule has 0 radical (unpaired) electrons. The van der Waals surface area contributed by atoms with Crippen LogP contribution in [0, 0.1) is 34.4 Å². The topological polar surface area (TPSA) is 147 Å². The van der Waals surface area contributed by atoms with E-state index in [1.807, 2.05) is 11.8 Å². The number of ketones is 2. The molecule has 0 amide bonds. The third-order valence-corrected chi connectivity index (χ3v) is 14.5. The van der Waals surface area contributed by atoms with Crippen LogP contribution in [0.5, 0.6) is 5.75 Å². The molecule has 296 valence electrons. The van der Waals surface area contributed by atoms with Crippen LogP contribution in [0.4, 0.5) is 14.5 Å². The maximum atomic E-state index is 17.6. The number of allylic oxidation sites excluding steroid dienone is 4. The zero-order chi connectivity index (χ0) is 39.4. The van der Waals surface area contributed by atoms with Gasteiger partial charge in [0.25, 0.3) is 0 Å². The lowest BCUT2D eigenvalue weighted by atomic mass is 9.44. The largest absolute Gasteiger partial charge is 0.492 e. The van der Waals surface area contributed by atoms with Crippen LogP contribution in [0.2, 0.25) is 0 Å². The van der Waals surface area contributed by atoms with E-state index in [-0.39, 0.29) is 53.1 Å². The monoisotopic (exact) mass is 763 g/mol. The molecule has 5 fully saturated rings. The molecule has 13 heteroatoms. The maximum Gasteiger partial charge on any atom is 0.343 e. The molecule has 1 aromatic heterocycles. The summed E-state index contributed by atoms with van der Waals surface area (Å²) in [5, 5.41) is 27.3. The lowest BCUT2D eigenvalue weighted by molar-refractivity contribution is -0.219. The molecule has 1 aromatic carbocycles. The SMILES string of the molecule is COc1c(N2CCNC(C)C2)c(F)cc2c(=O)c(C(=O)OCCC(=O)[C@@]3(O)[C@H](C)CC4C5CCC6=CC(=O)C=C[C@]6(C)[C@@]5(F)[C@@H](O)C[C@@]43C)cn(C3CC3)c12. The van der Waals surface area contributed by atoms with Gasteiger partial charge in [0.15, 0.2) is 28.8 Å². The van der Waals surface area contributed by atoms with Crippen molar-refractivity contribution in [2.45, 2.75) is 102 Å². The van der Waals surface area contributed by atoms with Crippen LogP contribution in [0.1, 0.15) is 89.0 Å². The number of nitrogens with one attached hydrogen (secondary N) is 1. The zero-order valence-electron chi connectivity index (χ0n) is 32.1. The average molecular weight is 764 g/mol. The summed E-state index contributed by atoms with van der Waals surface area (Å²) in [5.41, 5.74) is -6.13.